The van der Waals surface area contributed by atoms with Crippen LogP contribution < -0.4 is 24.0 Å². The van der Waals surface area contributed by atoms with Gasteiger partial charge in [0.25, 0.3) is 0 Å². The Morgan fingerprint density at radius 3 is 2.16 bits per heavy atom. The molecule has 0 atom stereocenters. The van der Waals surface area contributed by atoms with Crippen LogP contribution in [0.1, 0.15) is 20.8 Å². The monoisotopic (exact) mass is 285 g/mol. The van der Waals surface area contributed by atoms with Crippen LogP contribution in [0.15, 0.2) is 0 Å². The summed E-state index contributed by atoms with van der Waals surface area (Å²) in [5.41, 5.74) is -0.647. The molecule has 0 aromatic heterocycles. The fourth-order valence-corrected chi connectivity index (χ4v) is 2.80. The van der Waals surface area contributed by atoms with E-state index in [4.69, 9.17) is 4.74 Å². The van der Waals surface area contributed by atoms with Gasteiger partial charge in [0.15, 0.2) is 9.84 Å². The Kier molecular flexibility index (Phi) is 5.93. The largest absolute Gasteiger partial charge is 1.00 e. The average Bonchev–Trinajstić information content (AvgIpc) is 1.91. The number of carbonyl (C=O) groups is 2. The topological polar surface area (TPSA) is 104 Å². The minimum absolute atomic E-state index is 0. The van der Waals surface area contributed by atoms with E-state index in [-0.39, 0.29) is 32.0 Å². The number of carbonyl (C=O) groups excluding carboxylic acids is 2. The molecule has 0 unspecified atom stereocenters. The third-order valence-electron chi connectivity index (χ3n) is 2.33. The Hall–Kier alpha value is -0.713. The number of carboxylic acids is 1. The molecule has 1 rings (SSSR count). The number of hydrogen-bond acceptors (Lipinski definition) is 6. The van der Waals surface area contributed by atoms with Gasteiger partial charge in [-0.3, -0.25) is 0 Å². The van der Waals surface area contributed by atoms with Crippen molar-refractivity contribution in [2.45, 2.75) is 31.6 Å². The zero-order valence-corrected chi connectivity index (χ0v) is 12.3. The molecule has 1 saturated heterocycles. The summed E-state index contributed by atoms with van der Waals surface area (Å²) in [6.45, 7) is 5.04. The van der Waals surface area contributed by atoms with Crippen molar-refractivity contribution in [2.24, 2.45) is 0 Å². The predicted molar refractivity (Wildman–Crippen MR) is 60.4 cm³/mol. The normalized spacial score (nSPS) is 16.3. The molecule has 0 spiro atoms. The number of carboxylic acid groups (broad SMARTS) is 1. The molecule has 1 aliphatic heterocycles. The van der Waals surface area contributed by atoms with Gasteiger partial charge < -0.3 is 19.5 Å². The van der Waals surface area contributed by atoms with Gasteiger partial charge in [-0.05, 0) is 20.8 Å². The molecule has 1 aliphatic rings. The summed E-state index contributed by atoms with van der Waals surface area (Å²) in [5.74, 6) is -2.65. The summed E-state index contributed by atoms with van der Waals surface area (Å²) in [7, 11) is -3.74. The van der Waals surface area contributed by atoms with Crippen LogP contribution in [0.2, 0.25) is 0 Å². The molecule has 1 amide bonds. The van der Waals surface area contributed by atoms with Crippen molar-refractivity contribution in [3.05, 3.63) is 0 Å². The molecular weight excluding hydrogens is 269 g/mol. The van der Waals surface area contributed by atoms with Crippen LogP contribution in [0.25, 0.3) is 0 Å². The first kappa shape index (κ1) is 18.3. The van der Waals surface area contributed by atoms with Gasteiger partial charge in [0.05, 0.1) is 17.0 Å². The smallest absolute Gasteiger partial charge is 0.549 e. The quantitative estimate of drug-likeness (QED) is 0.487. The van der Waals surface area contributed by atoms with Crippen molar-refractivity contribution in [1.29, 1.82) is 0 Å². The third-order valence-corrected chi connectivity index (χ3v) is 4.28. The van der Waals surface area contributed by atoms with Crippen molar-refractivity contribution >= 4 is 21.9 Å². The first-order chi connectivity index (χ1) is 8.01. The molecule has 0 radical (unpaired) electrons. The van der Waals surface area contributed by atoms with Crippen LogP contribution in [0, 0.1) is 0 Å². The van der Waals surface area contributed by atoms with E-state index in [0.717, 1.165) is 0 Å². The van der Waals surface area contributed by atoms with E-state index in [0.29, 0.717) is 0 Å². The van der Waals surface area contributed by atoms with Crippen LogP contribution in [0.5, 0.6) is 0 Å². The van der Waals surface area contributed by atoms with Crippen LogP contribution in [0.3, 0.4) is 0 Å². The summed E-state index contributed by atoms with van der Waals surface area (Å²) in [6, 6.07) is 0. The van der Waals surface area contributed by atoms with Crippen LogP contribution in [0.4, 0.5) is 4.79 Å². The van der Waals surface area contributed by atoms with Crippen LogP contribution in [-0.4, -0.2) is 55.1 Å². The SMILES string of the molecule is CC(C)(C)OC(=O)N1CC(S(=O)(=O)CC(=O)[O-])C1.[Li+]. The van der Waals surface area contributed by atoms with E-state index in [9.17, 15) is 23.1 Å². The van der Waals surface area contributed by atoms with Gasteiger partial charge in [-0.15, -0.1) is 0 Å². The van der Waals surface area contributed by atoms with Crippen molar-refractivity contribution in [3.8, 4) is 0 Å². The Morgan fingerprint density at radius 2 is 1.79 bits per heavy atom. The second-order valence-electron chi connectivity index (χ2n) is 5.19. The number of rotatable bonds is 3. The van der Waals surface area contributed by atoms with E-state index in [1.165, 1.54) is 4.90 Å². The van der Waals surface area contributed by atoms with Gasteiger partial charge in [-0.25, -0.2) is 13.2 Å². The Balaban J connectivity index is 0.00000324. The molecule has 0 aromatic carbocycles. The second kappa shape index (κ2) is 6.16. The van der Waals surface area contributed by atoms with Crippen molar-refractivity contribution < 1.29 is 46.7 Å². The molecule has 0 aromatic rings. The molecule has 0 saturated carbocycles. The number of amides is 1. The van der Waals surface area contributed by atoms with Crippen molar-refractivity contribution in [1.82, 2.24) is 4.90 Å². The maximum Gasteiger partial charge on any atom is 1.00 e. The molecule has 19 heavy (non-hydrogen) atoms. The number of aliphatic carboxylic acids is 1. The average molecular weight is 285 g/mol. The van der Waals surface area contributed by atoms with Gasteiger partial charge in [-0.2, -0.15) is 0 Å². The molecule has 0 aliphatic carbocycles. The van der Waals surface area contributed by atoms with Gasteiger partial charge in [0.2, 0.25) is 0 Å². The summed E-state index contributed by atoms with van der Waals surface area (Å²) < 4.78 is 28.0. The minimum atomic E-state index is -3.74. The second-order valence-corrected chi connectivity index (χ2v) is 7.47. The summed E-state index contributed by atoms with van der Waals surface area (Å²) in [6.07, 6.45) is -0.595. The molecule has 1 heterocycles. The predicted octanol–water partition coefficient (Wildman–Crippen LogP) is -4.23. The van der Waals surface area contributed by atoms with E-state index < -0.39 is 38.5 Å². The third kappa shape index (κ3) is 5.43. The zero-order chi connectivity index (χ0) is 14.1. The van der Waals surface area contributed by atoms with Crippen LogP contribution >= 0.6 is 0 Å². The molecule has 9 heteroatoms. The standard InChI is InChI=1S/C10H17NO6S.Li/c1-10(2,3)17-9(14)11-4-7(5-11)18(15,16)6-8(12)13;/h7H,4-6H2,1-3H3,(H,12,13);/q;+1/p-1. The number of sulfone groups is 1. The first-order valence-electron chi connectivity index (χ1n) is 5.40. The molecule has 104 valence electrons. The van der Waals surface area contributed by atoms with Gasteiger partial charge in [0.1, 0.15) is 5.60 Å². The number of likely N-dealkylation sites (tertiary alicyclic amines) is 1. The molecule has 7 nitrogen and oxygen atoms in total. The summed E-state index contributed by atoms with van der Waals surface area (Å²) >= 11 is 0. The number of ether oxygens (including phenoxy) is 1. The maximum atomic E-state index is 11.5. The maximum absolute atomic E-state index is 11.5. The Bertz CT molecular complexity index is 449. The van der Waals surface area contributed by atoms with Crippen LogP contribution in [-0.2, 0) is 19.4 Å². The van der Waals surface area contributed by atoms with E-state index in [1.54, 1.807) is 20.8 Å². The Labute approximate surface area is 124 Å². The van der Waals surface area contributed by atoms with E-state index >= 15 is 0 Å². The summed E-state index contributed by atoms with van der Waals surface area (Å²) in [5, 5.41) is 9.42. The van der Waals surface area contributed by atoms with E-state index in [2.05, 4.69) is 0 Å². The van der Waals surface area contributed by atoms with Crippen molar-refractivity contribution in [3.63, 3.8) is 0 Å². The van der Waals surface area contributed by atoms with Gasteiger partial charge >= 0.3 is 25.0 Å². The van der Waals surface area contributed by atoms with Crippen molar-refractivity contribution in [2.75, 3.05) is 18.8 Å². The van der Waals surface area contributed by atoms with Gasteiger partial charge in [-0.1, -0.05) is 0 Å². The molecule has 0 bridgehead atoms. The fraction of sp³-hybridized carbons (Fsp3) is 0.800. The molecule has 1 fully saturated rings. The van der Waals surface area contributed by atoms with Gasteiger partial charge in [0, 0.05) is 13.1 Å². The number of nitrogens with zero attached hydrogens (tertiary/aromatic N) is 1. The first-order valence-corrected chi connectivity index (χ1v) is 7.12. The fourth-order valence-electron chi connectivity index (χ4n) is 1.42. The summed E-state index contributed by atoms with van der Waals surface area (Å²) in [4.78, 5) is 23.0. The Morgan fingerprint density at radius 1 is 1.32 bits per heavy atom. The zero-order valence-electron chi connectivity index (χ0n) is 11.5. The van der Waals surface area contributed by atoms with E-state index in [1.807, 2.05) is 0 Å². The molecular formula is C10H16LiNO6S. The molecule has 0 N–H and O–H groups in total. The minimum Gasteiger partial charge on any atom is -0.549 e. The number of hydrogen-bond donors (Lipinski definition) is 0.